The summed E-state index contributed by atoms with van der Waals surface area (Å²) in [6, 6.07) is 0.0750. The van der Waals surface area contributed by atoms with E-state index in [1.54, 1.807) is 13.3 Å². The molecule has 2 unspecified atom stereocenters. The number of aromatic nitrogens is 2. The van der Waals surface area contributed by atoms with E-state index in [-0.39, 0.29) is 28.1 Å². The number of hydrogen-bond acceptors (Lipinski definition) is 5. The summed E-state index contributed by atoms with van der Waals surface area (Å²) in [5.41, 5.74) is -0.0736. The van der Waals surface area contributed by atoms with Crippen molar-refractivity contribution in [2.75, 3.05) is 19.0 Å². The highest BCUT2D eigenvalue weighted by Crippen LogP contribution is 2.42. The van der Waals surface area contributed by atoms with Gasteiger partial charge in [-0.05, 0) is 6.42 Å². The minimum atomic E-state index is -0.341. The molecule has 0 aliphatic heterocycles. The van der Waals surface area contributed by atoms with Gasteiger partial charge in [0.05, 0.1) is 31.1 Å². The third-order valence-electron chi connectivity index (χ3n) is 4.04. The Morgan fingerprint density at radius 2 is 2.35 bits per heavy atom. The second-order valence-corrected chi connectivity index (χ2v) is 6.04. The van der Waals surface area contributed by atoms with Crippen LogP contribution in [0.4, 0.5) is 5.69 Å². The summed E-state index contributed by atoms with van der Waals surface area (Å²) in [4.78, 5) is 12.0. The summed E-state index contributed by atoms with van der Waals surface area (Å²) in [5, 5.41) is 17.1. The SMILES string of the molecule is COCCn1ncc(NC2CC(O)C2(C)C)c(Cl)c1=O. The molecule has 1 aromatic rings. The van der Waals surface area contributed by atoms with Gasteiger partial charge < -0.3 is 15.2 Å². The monoisotopic (exact) mass is 301 g/mol. The van der Waals surface area contributed by atoms with Gasteiger partial charge in [0.2, 0.25) is 0 Å². The van der Waals surface area contributed by atoms with E-state index in [0.717, 1.165) is 0 Å². The summed E-state index contributed by atoms with van der Waals surface area (Å²) >= 11 is 6.09. The predicted molar refractivity (Wildman–Crippen MR) is 77.2 cm³/mol. The standard InChI is InChI=1S/C13H20ClN3O3/c1-13(2)9(6-10(13)18)16-8-7-15-17(4-5-20-3)12(19)11(8)14/h7,9-10,16,18H,4-6H2,1-3H3. The number of nitrogens with one attached hydrogen (secondary N) is 1. The van der Waals surface area contributed by atoms with E-state index in [9.17, 15) is 9.90 Å². The van der Waals surface area contributed by atoms with Gasteiger partial charge in [-0.25, -0.2) is 4.68 Å². The summed E-state index contributed by atoms with van der Waals surface area (Å²) in [6.45, 7) is 4.71. The van der Waals surface area contributed by atoms with Crippen LogP contribution in [0.2, 0.25) is 5.02 Å². The lowest BCUT2D eigenvalue weighted by Crippen LogP contribution is -2.57. The smallest absolute Gasteiger partial charge is 0.287 e. The van der Waals surface area contributed by atoms with Gasteiger partial charge >= 0.3 is 0 Å². The highest BCUT2D eigenvalue weighted by atomic mass is 35.5. The van der Waals surface area contributed by atoms with Crippen LogP contribution in [0.3, 0.4) is 0 Å². The van der Waals surface area contributed by atoms with E-state index in [4.69, 9.17) is 16.3 Å². The van der Waals surface area contributed by atoms with Crippen LogP contribution in [0, 0.1) is 5.41 Å². The Bertz CT molecular complexity index is 544. The number of aliphatic hydroxyl groups is 1. The normalized spacial score (nSPS) is 24.2. The lowest BCUT2D eigenvalue weighted by atomic mass is 9.64. The molecule has 1 aromatic heterocycles. The fraction of sp³-hybridized carbons (Fsp3) is 0.692. The Labute approximate surface area is 122 Å². The first-order valence-corrected chi connectivity index (χ1v) is 6.95. The van der Waals surface area contributed by atoms with Gasteiger partial charge in [-0.3, -0.25) is 4.79 Å². The molecule has 1 fully saturated rings. The number of rotatable bonds is 5. The first-order chi connectivity index (χ1) is 9.37. The van der Waals surface area contributed by atoms with Crippen LogP contribution in [-0.2, 0) is 11.3 Å². The van der Waals surface area contributed by atoms with Crippen LogP contribution in [-0.4, -0.2) is 40.7 Å². The summed E-state index contributed by atoms with van der Waals surface area (Å²) in [6.07, 6.45) is 1.84. The molecule has 1 aliphatic carbocycles. The summed E-state index contributed by atoms with van der Waals surface area (Å²) in [5.74, 6) is 0. The number of hydrogen-bond donors (Lipinski definition) is 2. The molecule has 0 amide bonds. The van der Waals surface area contributed by atoms with E-state index in [1.165, 1.54) is 4.68 Å². The van der Waals surface area contributed by atoms with Crippen molar-refractivity contribution >= 4 is 17.3 Å². The van der Waals surface area contributed by atoms with Crippen LogP contribution >= 0.6 is 11.6 Å². The molecule has 0 radical (unpaired) electrons. The largest absolute Gasteiger partial charge is 0.392 e. The topological polar surface area (TPSA) is 76.4 Å². The molecule has 0 bridgehead atoms. The number of aliphatic hydroxyl groups excluding tert-OH is 1. The number of methoxy groups -OCH3 is 1. The fourth-order valence-corrected chi connectivity index (χ4v) is 2.44. The van der Waals surface area contributed by atoms with Crippen molar-refractivity contribution in [1.29, 1.82) is 0 Å². The second-order valence-electron chi connectivity index (χ2n) is 5.66. The molecule has 20 heavy (non-hydrogen) atoms. The van der Waals surface area contributed by atoms with Crippen molar-refractivity contribution in [3.8, 4) is 0 Å². The maximum atomic E-state index is 12.0. The molecule has 6 nitrogen and oxygen atoms in total. The Balaban J connectivity index is 2.14. The first kappa shape index (κ1) is 15.3. The summed E-state index contributed by atoms with van der Waals surface area (Å²) < 4.78 is 6.19. The van der Waals surface area contributed by atoms with E-state index in [0.29, 0.717) is 25.3 Å². The second kappa shape index (κ2) is 5.71. The van der Waals surface area contributed by atoms with Crippen molar-refractivity contribution in [3.63, 3.8) is 0 Å². The third-order valence-corrected chi connectivity index (χ3v) is 4.40. The highest BCUT2D eigenvalue weighted by molar-refractivity contribution is 6.32. The minimum Gasteiger partial charge on any atom is -0.392 e. The number of halogens is 1. The summed E-state index contributed by atoms with van der Waals surface area (Å²) in [7, 11) is 1.56. The van der Waals surface area contributed by atoms with Crippen LogP contribution in [0.15, 0.2) is 11.0 Å². The van der Waals surface area contributed by atoms with Gasteiger partial charge in [0.1, 0.15) is 5.02 Å². The molecule has 0 spiro atoms. The third kappa shape index (κ3) is 2.68. The Hall–Kier alpha value is -1.11. The van der Waals surface area contributed by atoms with Crippen LogP contribution in [0.5, 0.6) is 0 Å². The van der Waals surface area contributed by atoms with Crippen molar-refractivity contribution in [3.05, 3.63) is 21.6 Å². The van der Waals surface area contributed by atoms with Crippen LogP contribution in [0.25, 0.3) is 0 Å². The zero-order chi connectivity index (χ0) is 14.9. The maximum Gasteiger partial charge on any atom is 0.287 e. The van der Waals surface area contributed by atoms with Gasteiger partial charge in [0.25, 0.3) is 5.56 Å². The molecule has 7 heteroatoms. The Kier molecular flexibility index (Phi) is 4.36. The zero-order valence-corrected chi connectivity index (χ0v) is 12.6. The number of nitrogens with zero attached hydrogens (tertiary/aromatic N) is 2. The van der Waals surface area contributed by atoms with Crippen molar-refractivity contribution in [2.45, 2.75) is 39.0 Å². The lowest BCUT2D eigenvalue weighted by Gasteiger charge is -2.49. The molecule has 112 valence electrons. The Morgan fingerprint density at radius 3 is 2.90 bits per heavy atom. The number of ether oxygens (including phenoxy) is 1. The van der Waals surface area contributed by atoms with E-state index >= 15 is 0 Å². The van der Waals surface area contributed by atoms with E-state index in [2.05, 4.69) is 10.4 Å². The quantitative estimate of drug-likeness (QED) is 0.852. The zero-order valence-electron chi connectivity index (χ0n) is 11.9. The molecule has 2 N–H and O–H groups in total. The van der Waals surface area contributed by atoms with Crippen molar-refractivity contribution < 1.29 is 9.84 Å². The average Bonchev–Trinajstić information content (AvgIpc) is 2.42. The molecule has 1 heterocycles. The van der Waals surface area contributed by atoms with Gasteiger partial charge in [-0.1, -0.05) is 25.4 Å². The highest BCUT2D eigenvalue weighted by Gasteiger charge is 2.47. The van der Waals surface area contributed by atoms with E-state index in [1.807, 2.05) is 13.8 Å². The van der Waals surface area contributed by atoms with Gasteiger partial charge in [-0.15, -0.1) is 0 Å². The van der Waals surface area contributed by atoms with Gasteiger partial charge in [0.15, 0.2) is 0 Å². The molecular weight excluding hydrogens is 282 g/mol. The average molecular weight is 302 g/mol. The van der Waals surface area contributed by atoms with Gasteiger partial charge in [-0.2, -0.15) is 5.10 Å². The molecule has 1 saturated carbocycles. The molecule has 1 aliphatic rings. The fourth-order valence-electron chi connectivity index (χ4n) is 2.24. The van der Waals surface area contributed by atoms with E-state index < -0.39 is 0 Å². The molecule has 0 saturated heterocycles. The number of anilines is 1. The van der Waals surface area contributed by atoms with Crippen LogP contribution < -0.4 is 10.9 Å². The maximum absolute atomic E-state index is 12.0. The van der Waals surface area contributed by atoms with Crippen molar-refractivity contribution in [1.82, 2.24) is 9.78 Å². The first-order valence-electron chi connectivity index (χ1n) is 6.57. The molecule has 2 atom stereocenters. The Morgan fingerprint density at radius 1 is 1.65 bits per heavy atom. The van der Waals surface area contributed by atoms with Crippen LogP contribution in [0.1, 0.15) is 20.3 Å². The molecule has 0 aromatic carbocycles. The van der Waals surface area contributed by atoms with Gasteiger partial charge in [0, 0.05) is 18.6 Å². The molecule has 2 rings (SSSR count). The lowest BCUT2D eigenvalue weighted by molar-refractivity contribution is -0.0510. The predicted octanol–water partition coefficient (Wildman–Crippen LogP) is 1.11. The van der Waals surface area contributed by atoms with Crippen molar-refractivity contribution in [2.24, 2.45) is 5.41 Å². The minimum absolute atomic E-state index is 0.0750. The molecular formula is C13H20ClN3O3.